The molecular formula is C25H41N5O2. The molecule has 0 unspecified atom stereocenters. The molecule has 0 atom stereocenters. The standard InChI is InChI=1S/C25H41N5O2/c1-4-32-24(31)22-10-14-30(15-11-22)25(26-3)27-12-5-6-13-28-16-18-29(19-17-28)23-9-7-8-21(2)20-23/h7-9,20,22H,4-6,10-19H2,1-3H3,(H,26,27). The van der Waals surface area contributed by atoms with Gasteiger partial charge < -0.3 is 19.9 Å². The summed E-state index contributed by atoms with van der Waals surface area (Å²) in [5, 5.41) is 3.51. The highest BCUT2D eigenvalue weighted by atomic mass is 16.5. The Morgan fingerprint density at radius 2 is 1.88 bits per heavy atom. The number of piperidine rings is 1. The molecule has 2 aliphatic rings. The molecule has 7 nitrogen and oxygen atoms in total. The highest BCUT2D eigenvalue weighted by Gasteiger charge is 2.27. The molecule has 2 heterocycles. The molecule has 0 radical (unpaired) electrons. The maximum absolute atomic E-state index is 11.9. The molecule has 0 aliphatic carbocycles. The van der Waals surface area contributed by atoms with Crippen molar-refractivity contribution in [2.24, 2.45) is 10.9 Å². The van der Waals surface area contributed by atoms with Crippen molar-refractivity contribution in [2.75, 3.05) is 70.9 Å². The minimum Gasteiger partial charge on any atom is -0.466 e. The monoisotopic (exact) mass is 443 g/mol. The van der Waals surface area contributed by atoms with Crippen molar-refractivity contribution in [3.8, 4) is 0 Å². The van der Waals surface area contributed by atoms with E-state index in [4.69, 9.17) is 4.74 Å². The van der Waals surface area contributed by atoms with Crippen molar-refractivity contribution < 1.29 is 9.53 Å². The van der Waals surface area contributed by atoms with Crippen LogP contribution in [0, 0.1) is 12.8 Å². The number of hydrogen-bond donors (Lipinski definition) is 1. The molecule has 0 saturated carbocycles. The smallest absolute Gasteiger partial charge is 0.309 e. The van der Waals surface area contributed by atoms with Crippen LogP contribution in [0.25, 0.3) is 0 Å². The number of nitrogens with one attached hydrogen (secondary N) is 1. The molecule has 3 rings (SSSR count). The molecule has 32 heavy (non-hydrogen) atoms. The topological polar surface area (TPSA) is 60.4 Å². The predicted molar refractivity (Wildman–Crippen MR) is 131 cm³/mol. The fourth-order valence-corrected chi connectivity index (χ4v) is 4.63. The van der Waals surface area contributed by atoms with Gasteiger partial charge >= 0.3 is 5.97 Å². The van der Waals surface area contributed by atoms with Crippen LogP contribution in [0.3, 0.4) is 0 Å². The Morgan fingerprint density at radius 1 is 1.12 bits per heavy atom. The van der Waals surface area contributed by atoms with Gasteiger partial charge in [-0.1, -0.05) is 12.1 Å². The number of hydrogen-bond acceptors (Lipinski definition) is 5. The lowest BCUT2D eigenvalue weighted by Crippen LogP contribution is -2.47. The van der Waals surface area contributed by atoms with Crippen molar-refractivity contribution in [1.29, 1.82) is 0 Å². The number of nitrogens with zero attached hydrogens (tertiary/aromatic N) is 4. The van der Waals surface area contributed by atoms with Gasteiger partial charge in [-0.05, 0) is 63.8 Å². The third kappa shape index (κ3) is 7.12. The van der Waals surface area contributed by atoms with E-state index in [0.717, 1.165) is 77.6 Å². The highest BCUT2D eigenvalue weighted by molar-refractivity contribution is 5.80. The van der Waals surface area contributed by atoms with Crippen LogP contribution in [-0.2, 0) is 9.53 Å². The summed E-state index contributed by atoms with van der Waals surface area (Å²) in [5.74, 6) is 0.949. The van der Waals surface area contributed by atoms with Crippen LogP contribution in [-0.4, -0.2) is 87.7 Å². The number of aryl methyl sites for hydroxylation is 1. The maximum atomic E-state index is 11.9. The van der Waals surface area contributed by atoms with Gasteiger partial charge in [0, 0.05) is 58.5 Å². The fraction of sp³-hybridized carbons (Fsp3) is 0.680. The van der Waals surface area contributed by atoms with Crippen molar-refractivity contribution in [3.63, 3.8) is 0 Å². The van der Waals surface area contributed by atoms with Gasteiger partial charge in [0.25, 0.3) is 0 Å². The molecule has 0 aromatic heterocycles. The Hall–Kier alpha value is -2.28. The van der Waals surface area contributed by atoms with Crippen LogP contribution in [0.1, 0.15) is 38.2 Å². The number of unbranched alkanes of at least 4 members (excludes halogenated alkanes) is 1. The molecule has 7 heteroatoms. The minimum atomic E-state index is -0.0465. The average molecular weight is 444 g/mol. The average Bonchev–Trinajstić information content (AvgIpc) is 2.82. The van der Waals surface area contributed by atoms with Crippen molar-refractivity contribution >= 4 is 17.6 Å². The second-order valence-electron chi connectivity index (χ2n) is 8.86. The van der Waals surface area contributed by atoms with E-state index < -0.39 is 0 Å². The van der Waals surface area contributed by atoms with Crippen molar-refractivity contribution in [3.05, 3.63) is 29.8 Å². The van der Waals surface area contributed by atoms with Gasteiger partial charge in [-0.2, -0.15) is 0 Å². The van der Waals surface area contributed by atoms with Gasteiger partial charge in [0.1, 0.15) is 0 Å². The van der Waals surface area contributed by atoms with Crippen LogP contribution in [0.15, 0.2) is 29.3 Å². The van der Waals surface area contributed by atoms with E-state index >= 15 is 0 Å². The fourth-order valence-electron chi connectivity index (χ4n) is 4.63. The summed E-state index contributed by atoms with van der Waals surface area (Å²) >= 11 is 0. The molecule has 178 valence electrons. The summed E-state index contributed by atoms with van der Waals surface area (Å²) in [6.07, 6.45) is 4.01. The van der Waals surface area contributed by atoms with Crippen LogP contribution in [0.5, 0.6) is 0 Å². The number of anilines is 1. The predicted octanol–water partition coefficient (Wildman–Crippen LogP) is 2.75. The van der Waals surface area contributed by atoms with Crippen LogP contribution < -0.4 is 10.2 Å². The zero-order chi connectivity index (χ0) is 22.8. The summed E-state index contributed by atoms with van der Waals surface area (Å²) in [5.41, 5.74) is 2.68. The quantitative estimate of drug-likeness (QED) is 0.289. The van der Waals surface area contributed by atoms with E-state index in [-0.39, 0.29) is 11.9 Å². The van der Waals surface area contributed by atoms with Gasteiger partial charge in [0.15, 0.2) is 5.96 Å². The molecule has 2 fully saturated rings. The molecule has 0 spiro atoms. The number of likely N-dealkylation sites (tertiary alicyclic amines) is 1. The third-order valence-electron chi connectivity index (χ3n) is 6.55. The lowest BCUT2D eigenvalue weighted by molar-refractivity contribution is -0.149. The summed E-state index contributed by atoms with van der Waals surface area (Å²) in [6.45, 7) is 12.8. The van der Waals surface area contributed by atoms with E-state index in [9.17, 15) is 4.79 Å². The van der Waals surface area contributed by atoms with Gasteiger partial charge in [0.2, 0.25) is 0 Å². The second-order valence-corrected chi connectivity index (χ2v) is 8.86. The number of carbonyl (C=O) groups excluding carboxylic acids is 1. The Bertz CT molecular complexity index is 738. The number of aliphatic imine (C=N–C) groups is 1. The Balaban J connectivity index is 1.28. The first-order chi connectivity index (χ1) is 15.6. The SMILES string of the molecule is CCOC(=O)C1CCN(C(=NC)NCCCCN2CCN(c3cccc(C)c3)CC2)CC1. The number of piperazine rings is 1. The first-order valence-electron chi connectivity index (χ1n) is 12.3. The lowest BCUT2D eigenvalue weighted by Gasteiger charge is -2.36. The van der Waals surface area contributed by atoms with E-state index in [1.807, 2.05) is 14.0 Å². The van der Waals surface area contributed by atoms with E-state index in [1.54, 1.807) is 0 Å². The van der Waals surface area contributed by atoms with Crippen LogP contribution in [0.2, 0.25) is 0 Å². The highest BCUT2D eigenvalue weighted by Crippen LogP contribution is 2.19. The Morgan fingerprint density at radius 3 is 2.53 bits per heavy atom. The largest absolute Gasteiger partial charge is 0.466 e. The molecule has 2 saturated heterocycles. The summed E-state index contributed by atoms with van der Waals surface area (Å²) in [4.78, 5) is 23.7. The van der Waals surface area contributed by atoms with E-state index in [1.165, 1.54) is 17.7 Å². The summed E-state index contributed by atoms with van der Waals surface area (Å²) < 4.78 is 5.17. The molecule has 1 aromatic carbocycles. The number of rotatable bonds is 8. The minimum absolute atomic E-state index is 0.0377. The molecule has 0 bridgehead atoms. The first-order valence-corrected chi connectivity index (χ1v) is 12.3. The zero-order valence-electron chi connectivity index (χ0n) is 20.2. The maximum Gasteiger partial charge on any atom is 0.309 e. The van der Waals surface area contributed by atoms with Crippen molar-refractivity contribution in [2.45, 2.75) is 39.5 Å². The van der Waals surface area contributed by atoms with Gasteiger partial charge in [0.05, 0.1) is 12.5 Å². The van der Waals surface area contributed by atoms with Gasteiger partial charge in [-0.15, -0.1) is 0 Å². The lowest BCUT2D eigenvalue weighted by atomic mass is 9.97. The number of benzene rings is 1. The molecule has 0 amide bonds. The number of ether oxygens (including phenoxy) is 1. The molecule has 2 aliphatic heterocycles. The third-order valence-corrected chi connectivity index (χ3v) is 6.55. The second kappa shape index (κ2) is 12.7. The van der Waals surface area contributed by atoms with E-state index in [0.29, 0.717) is 6.61 Å². The Kier molecular flexibility index (Phi) is 9.65. The summed E-state index contributed by atoms with van der Waals surface area (Å²) in [6, 6.07) is 8.82. The molecular weight excluding hydrogens is 402 g/mol. The van der Waals surface area contributed by atoms with Crippen LogP contribution in [0.4, 0.5) is 5.69 Å². The normalized spacial score (nSPS) is 18.7. The number of guanidine groups is 1. The van der Waals surface area contributed by atoms with Gasteiger partial charge in [-0.25, -0.2) is 0 Å². The molecule has 1 N–H and O–H groups in total. The molecule has 1 aromatic rings. The Labute approximate surface area is 193 Å². The zero-order valence-corrected chi connectivity index (χ0v) is 20.2. The summed E-state index contributed by atoms with van der Waals surface area (Å²) in [7, 11) is 1.84. The van der Waals surface area contributed by atoms with Crippen LogP contribution >= 0.6 is 0 Å². The van der Waals surface area contributed by atoms with Gasteiger partial charge in [-0.3, -0.25) is 14.7 Å². The first kappa shape index (κ1) is 24.4. The number of carbonyl (C=O) groups is 1. The van der Waals surface area contributed by atoms with Crippen molar-refractivity contribution in [1.82, 2.24) is 15.1 Å². The van der Waals surface area contributed by atoms with E-state index in [2.05, 4.69) is 56.2 Å². The number of esters is 1.